The summed E-state index contributed by atoms with van der Waals surface area (Å²) in [5, 5.41) is 2.82. The molecule has 4 rings (SSSR count). The summed E-state index contributed by atoms with van der Waals surface area (Å²) in [4.78, 5) is 12.3. The Bertz CT molecular complexity index is 906. The van der Waals surface area contributed by atoms with Crippen LogP contribution < -0.4 is 24.3 Å². The van der Waals surface area contributed by atoms with Gasteiger partial charge in [-0.3, -0.25) is 4.79 Å². The molecule has 6 heteroatoms. The van der Waals surface area contributed by atoms with Gasteiger partial charge in [0.05, 0.1) is 6.61 Å². The zero-order chi connectivity index (χ0) is 18.8. The van der Waals surface area contributed by atoms with E-state index in [2.05, 4.69) is 5.32 Å². The van der Waals surface area contributed by atoms with Gasteiger partial charge in [0.25, 0.3) is 0 Å². The van der Waals surface area contributed by atoms with Crippen LogP contribution in [0, 0.1) is 0 Å². The maximum atomic E-state index is 12.3. The molecule has 2 aliphatic rings. The second-order valence-corrected chi connectivity index (χ2v) is 6.45. The van der Waals surface area contributed by atoms with Crippen LogP contribution in [0.4, 0.5) is 5.69 Å². The van der Waals surface area contributed by atoms with Crippen molar-refractivity contribution in [3.05, 3.63) is 47.5 Å². The fraction of sp³-hybridized carbons (Fsp3) is 0.286. The summed E-state index contributed by atoms with van der Waals surface area (Å²) in [5.74, 6) is 2.66. The van der Waals surface area contributed by atoms with Crippen molar-refractivity contribution >= 4 is 17.7 Å². The van der Waals surface area contributed by atoms with E-state index < -0.39 is 0 Å². The van der Waals surface area contributed by atoms with Crippen LogP contribution in [0.5, 0.6) is 23.0 Å². The van der Waals surface area contributed by atoms with E-state index in [9.17, 15) is 4.79 Å². The Morgan fingerprint density at radius 1 is 1.22 bits per heavy atom. The molecule has 6 nitrogen and oxygen atoms in total. The molecule has 1 N–H and O–H groups in total. The van der Waals surface area contributed by atoms with Crippen molar-refractivity contribution in [3.8, 4) is 23.0 Å². The molecule has 0 aromatic heterocycles. The van der Waals surface area contributed by atoms with E-state index in [1.165, 1.54) is 6.08 Å². The Hall–Kier alpha value is -3.15. The first-order valence-electron chi connectivity index (χ1n) is 8.97. The Morgan fingerprint density at radius 3 is 2.93 bits per heavy atom. The third kappa shape index (κ3) is 3.69. The number of rotatable bonds is 5. The number of hydrogen-bond acceptors (Lipinski definition) is 5. The normalized spacial score (nSPS) is 16.9. The van der Waals surface area contributed by atoms with E-state index in [1.807, 2.05) is 26.0 Å². The minimum atomic E-state index is -0.244. The molecule has 1 unspecified atom stereocenters. The first-order valence-corrected chi connectivity index (χ1v) is 8.97. The Balaban J connectivity index is 1.50. The van der Waals surface area contributed by atoms with Gasteiger partial charge in [-0.25, -0.2) is 0 Å². The highest BCUT2D eigenvalue weighted by atomic mass is 16.7. The number of nitrogens with one attached hydrogen (secondary N) is 1. The van der Waals surface area contributed by atoms with Gasteiger partial charge < -0.3 is 24.3 Å². The number of ether oxygens (including phenoxy) is 4. The molecule has 0 radical (unpaired) electrons. The van der Waals surface area contributed by atoms with Crippen LogP contribution in [0.15, 0.2) is 36.4 Å². The van der Waals surface area contributed by atoms with Crippen molar-refractivity contribution in [3.63, 3.8) is 0 Å². The summed E-state index contributed by atoms with van der Waals surface area (Å²) in [5.41, 5.74) is 2.59. The van der Waals surface area contributed by atoms with Crippen molar-refractivity contribution in [1.82, 2.24) is 0 Å². The summed E-state index contributed by atoms with van der Waals surface area (Å²) < 4.78 is 22.1. The topological polar surface area (TPSA) is 66.0 Å². The lowest BCUT2D eigenvalue weighted by atomic mass is 10.1. The van der Waals surface area contributed by atoms with Gasteiger partial charge in [0, 0.05) is 35.4 Å². The molecule has 2 heterocycles. The van der Waals surface area contributed by atoms with Crippen LogP contribution in [0.25, 0.3) is 6.08 Å². The molecule has 0 spiro atoms. The Labute approximate surface area is 157 Å². The molecule has 1 amide bonds. The second-order valence-electron chi connectivity index (χ2n) is 6.45. The third-order valence-electron chi connectivity index (χ3n) is 4.38. The predicted octanol–water partition coefficient (Wildman–Crippen LogP) is 3.79. The van der Waals surface area contributed by atoms with Crippen LogP contribution in [0.3, 0.4) is 0 Å². The standard InChI is InChI=1S/C21H21NO5/c1-3-24-18-10-15-8-13(2)27-19(15)9-14(18)4-7-21(23)22-16-5-6-17-20(11-16)26-12-25-17/h4-7,9-11,13H,3,8,12H2,1-2H3,(H,22,23)/b7-4+. The monoisotopic (exact) mass is 367 g/mol. The van der Waals surface area contributed by atoms with E-state index in [-0.39, 0.29) is 18.8 Å². The first kappa shape index (κ1) is 17.3. The third-order valence-corrected chi connectivity index (χ3v) is 4.38. The summed E-state index contributed by atoms with van der Waals surface area (Å²) in [7, 11) is 0. The van der Waals surface area contributed by atoms with Crippen LogP contribution in [0.2, 0.25) is 0 Å². The van der Waals surface area contributed by atoms with E-state index in [4.69, 9.17) is 18.9 Å². The van der Waals surface area contributed by atoms with Gasteiger partial charge in [-0.15, -0.1) is 0 Å². The van der Waals surface area contributed by atoms with E-state index in [0.717, 1.165) is 29.0 Å². The van der Waals surface area contributed by atoms with Gasteiger partial charge in [0.1, 0.15) is 17.6 Å². The zero-order valence-corrected chi connectivity index (χ0v) is 15.3. The highest BCUT2D eigenvalue weighted by Crippen LogP contribution is 2.36. The average Bonchev–Trinajstić information content (AvgIpc) is 3.24. The smallest absolute Gasteiger partial charge is 0.248 e. The molecular formula is C21H21NO5. The summed E-state index contributed by atoms with van der Waals surface area (Å²) >= 11 is 0. The SMILES string of the molecule is CCOc1cc2c(cc1/C=C/C(=O)Nc1ccc3c(c1)OCO3)OC(C)C2. The number of benzene rings is 2. The van der Waals surface area contributed by atoms with Crippen molar-refractivity contribution in [1.29, 1.82) is 0 Å². The molecule has 1 atom stereocenters. The van der Waals surface area contributed by atoms with Crippen LogP contribution in [-0.4, -0.2) is 25.4 Å². The maximum Gasteiger partial charge on any atom is 0.248 e. The number of hydrogen-bond donors (Lipinski definition) is 1. The zero-order valence-electron chi connectivity index (χ0n) is 15.3. The lowest BCUT2D eigenvalue weighted by Crippen LogP contribution is -2.07. The summed E-state index contributed by atoms with van der Waals surface area (Å²) in [6.07, 6.45) is 4.24. The lowest BCUT2D eigenvalue weighted by Gasteiger charge is -2.10. The lowest BCUT2D eigenvalue weighted by molar-refractivity contribution is -0.111. The van der Waals surface area contributed by atoms with Crippen LogP contribution >= 0.6 is 0 Å². The predicted molar refractivity (Wildman–Crippen MR) is 102 cm³/mol. The molecule has 2 aromatic carbocycles. The van der Waals surface area contributed by atoms with Gasteiger partial charge in [0.2, 0.25) is 12.7 Å². The maximum absolute atomic E-state index is 12.3. The van der Waals surface area contributed by atoms with Crippen LogP contribution in [-0.2, 0) is 11.2 Å². The molecule has 27 heavy (non-hydrogen) atoms. The van der Waals surface area contributed by atoms with Crippen molar-refractivity contribution in [2.24, 2.45) is 0 Å². The average molecular weight is 367 g/mol. The van der Waals surface area contributed by atoms with E-state index >= 15 is 0 Å². The minimum Gasteiger partial charge on any atom is -0.493 e. The summed E-state index contributed by atoms with van der Waals surface area (Å²) in [6, 6.07) is 9.21. The van der Waals surface area contributed by atoms with E-state index in [1.54, 1.807) is 24.3 Å². The van der Waals surface area contributed by atoms with Crippen molar-refractivity contribution < 1.29 is 23.7 Å². The summed E-state index contributed by atoms with van der Waals surface area (Å²) in [6.45, 7) is 4.73. The molecule has 2 aromatic rings. The molecule has 0 fully saturated rings. The van der Waals surface area contributed by atoms with Gasteiger partial charge in [-0.1, -0.05) is 0 Å². The highest BCUT2D eigenvalue weighted by molar-refractivity contribution is 6.02. The molecule has 140 valence electrons. The molecule has 0 bridgehead atoms. The molecule has 2 aliphatic heterocycles. The van der Waals surface area contributed by atoms with Crippen LogP contribution in [0.1, 0.15) is 25.0 Å². The fourth-order valence-electron chi connectivity index (χ4n) is 3.19. The number of carbonyl (C=O) groups excluding carboxylic acids is 1. The van der Waals surface area contributed by atoms with Gasteiger partial charge in [0.15, 0.2) is 11.5 Å². The first-order chi connectivity index (χ1) is 13.1. The second kappa shape index (κ2) is 7.23. The van der Waals surface area contributed by atoms with Crippen molar-refractivity contribution in [2.75, 3.05) is 18.7 Å². The van der Waals surface area contributed by atoms with Gasteiger partial charge >= 0.3 is 0 Å². The number of carbonyl (C=O) groups is 1. The highest BCUT2D eigenvalue weighted by Gasteiger charge is 2.21. The van der Waals surface area contributed by atoms with Gasteiger partial charge in [-0.2, -0.15) is 0 Å². The molecule has 0 saturated heterocycles. The largest absolute Gasteiger partial charge is 0.493 e. The fourth-order valence-corrected chi connectivity index (χ4v) is 3.19. The quantitative estimate of drug-likeness (QED) is 0.815. The molecule has 0 saturated carbocycles. The number of fused-ring (bicyclic) bond motifs is 2. The van der Waals surface area contributed by atoms with E-state index in [0.29, 0.717) is 23.8 Å². The minimum absolute atomic E-state index is 0.156. The number of anilines is 1. The van der Waals surface area contributed by atoms with Crippen molar-refractivity contribution in [2.45, 2.75) is 26.4 Å². The number of amides is 1. The van der Waals surface area contributed by atoms with Gasteiger partial charge in [-0.05, 0) is 44.2 Å². The molecular weight excluding hydrogens is 346 g/mol. The Kier molecular flexibility index (Phi) is 4.62. The molecule has 0 aliphatic carbocycles. The Morgan fingerprint density at radius 2 is 2.07 bits per heavy atom.